The standard InChI is InChI=1S/C32H44N2O8/c1-6-34-16-29(42-28(36)18-9-7-8-10-21(18)33-17(2)35)12-11-25(40-4)31-23(29)14-20(26(31)34)30(37)15-22(39-3)19-13-24(31)32(30,38)27(19)41-5/h7-10,19-20,22-27,37-38H,6,11-16H2,1-5H3,(H,33,35)/t19-,20+,22-,23+,24-,25+,26-,27+,29-,30+,31+,32-/m1/s1. The first-order valence-corrected chi connectivity index (χ1v) is 15.4. The summed E-state index contributed by atoms with van der Waals surface area (Å²) in [6, 6.07) is 6.89. The van der Waals surface area contributed by atoms with Gasteiger partial charge in [-0.15, -0.1) is 0 Å². The fourth-order valence-electron chi connectivity index (χ4n) is 11.6. The number of anilines is 1. The van der Waals surface area contributed by atoms with E-state index in [1.807, 2.05) is 0 Å². The number of aliphatic hydroxyl groups is 2. The maximum Gasteiger partial charge on any atom is 0.340 e. The molecular weight excluding hydrogens is 540 g/mol. The first kappa shape index (κ1) is 28.7. The molecule has 1 aromatic rings. The van der Waals surface area contributed by atoms with Gasteiger partial charge in [0.15, 0.2) is 0 Å². The van der Waals surface area contributed by atoms with Crippen LogP contribution in [0.4, 0.5) is 5.69 Å². The Morgan fingerprint density at radius 3 is 2.50 bits per heavy atom. The number of carbonyl (C=O) groups is 2. The molecule has 12 atom stereocenters. The quantitative estimate of drug-likeness (QED) is 0.414. The van der Waals surface area contributed by atoms with E-state index in [4.69, 9.17) is 18.9 Å². The molecule has 10 heteroatoms. The minimum absolute atomic E-state index is 0.0432. The summed E-state index contributed by atoms with van der Waals surface area (Å²) in [4.78, 5) is 28.3. The number of fused-ring (bicyclic) bond motifs is 2. The molecular formula is C32H44N2O8. The van der Waals surface area contributed by atoms with Crippen LogP contribution in [0.3, 0.4) is 0 Å². The Hall–Kier alpha value is -2.08. The van der Waals surface area contributed by atoms with Crippen LogP contribution in [-0.4, -0.2) is 103 Å². The number of piperidine rings is 1. The highest BCUT2D eigenvalue weighted by Crippen LogP contribution is 2.79. The third-order valence-electron chi connectivity index (χ3n) is 12.6. The van der Waals surface area contributed by atoms with Crippen LogP contribution < -0.4 is 5.32 Å². The second kappa shape index (κ2) is 9.46. The molecule has 42 heavy (non-hydrogen) atoms. The van der Waals surface area contributed by atoms with Crippen molar-refractivity contribution in [2.75, 3.05) is 39.7 Å². The van der Waals surface area contributed by atoms with Gasteiger partial charge in [-0.05, 0) is 44.4 Å². The van der Waals surface area contributed by atoms with Crippen molar-refractivity contribution in [2.45, 2.75) is 87.1 Å². The van der Waals surface area contributed by atoms with E-state index in [1.54, 1.807) is 45.6 Å². The van der Waals surface area contributed by atoms with E-state index in [0.717, 1.165) is 0 Å². The summed E-state index contributed by atoms with van der Waals surface area (Å²) in [5.74, 6) is -1.54. The van der Waals surface area contributed by atoms with Crippen LogP contribution in [0.2, 0.25) is 0 Å². The molecule has 230 valence electrons. The minimum Gasteiger partial charge on any atom is -0.454 e. The Bertz CT molecular complexity index is 1290. The SMILES string of the molecule is CCN1C[C@]2(OC(=O)c3ccccc3NC(C)=O)CC[C@H](OC)[C@@]34[C@H]5C[C@@H]6[C@H](OC)C[C@](O)([C@@H](C[C@@H]23)[C@@H]14)[C@]5(O)[C@H]6OC. The molecule has 6 aliphatic rings. The Labute approximate surface area is 247 Å². The summed E-state index contributed by atoms with van der Waals surface area (Å²) in [5, 5.41) is 28.4. The monoisotopic (exact) mass is 584 g/mol. The van der Waals surface area contributed by atoms with Crippen molar-refractivity contribution in [3.8, 4) is 0 Å². The Morgan fingerprint density at radius 2 is 1.83 bits per heavy atom. The number of nitrogens with one attached hydrogen (secondary N) is 1. The molecule has 0 unspecified atom stereocenters. The normalized spacial score (nSPS) is 48.2. The van der Waals surface area contributed by atoms with Gasteiger partial charge in [0.05, 0.1) is 29.6 Å². The molecule has 10 nitrogen and oxygen atoms in total. The van der Waals surface area contributed by atoms with E-state index in [9.17, 15) is 19.8 Å². The maximum atomic E-state index is 14.0. The molecule has 0 radical (unpaired) electrons. The number of likely N-dealkylation sites (tertiary alicyclic amines) is 1. The number of likely N-dealkylation sites (N-methyl/N-ethyl adjacent to an activating group) is 1. The van der Waals surface area contributed by atoms with Crippen LogP contribution in [-0.2, 0) is 23.7 Å². The van der Waals surface area contributed by atoms with Crippen molar-refractivity contribution in [1.82, 2.24) is 4.90 Å². The number of para-hydroxylation sites is 1. The first-order valence-electron chi connectivity index (χ1n) is 15.4. The topological polar surface area (TPSA) is 127 Å². The number of nitrogens with zero attached hydrogens (tertiary/aromatic N) is 1. The molecule has 7 rings (SSSR count). The fraction of sp³-hybridized carbons (Fsp3) is 0.750. The predicted molar refractivity (Wildman–Crippen MR) is 152 cm³/mol. The average molecular weight is 585 g/mol. The number of ether oxygens (including phenoxy) is 4. The summed E-state index contributed by atoms with van der Waals surface area (Å²) in [7, 11) is 5.05. The number of benzene rings is 1. The van der Waals surface area contributed by atoms with Gasteiger partial charge in [0.25, 0.3) is 0 Å². The van der Waals surface area contributed by atoms with Crippen molar-refractivity contribution < 1.29 is 38.7 Å². The van der Waals surface area contributed by atoms with E-state index in [1.165, 1.54) is 6.92 Å². The third kappa shape index (κ3) is 3.21. The molecule has 7 bridgehead atoms. The fourth-order valence-corrected chi connectivity index (χ4v) is 11.6. The highest BCUT2D eigenvalue weighted by molar-refractivity contribution is 6.00. The van der Waals surface area contributed by atoms with E-state index in [-0.39, 0.29) is 47.8 Å². The van der Waals surface area contributed by atoms with Crippen molar-refractivity contribution in [3.63, 3.8) is 0 Å². The van der Waals surface area contributed by atoms with Crippen molar-refractivity contribution in [2.24, 2.45) is 29.1 Å². The number of hydrogen-bond acceptors (Lipinski definition) is 9. The number of hydrogen-bond donors (Lipinski definition) is 3. The number of carbonyl (C=O) groups excluding carboxylic acids is 2. The van der Waals surface area contributed by atoms with Gasteiger partial charge in [0, 0.05) is 76.3 Å². The van der Waals surface area contributed by atoms with Gasteiger partial charge >= 0.3 is 5.97 Å². The lowest BCUT2D eigenvalue weighted by Crippen LogP contribution is -2.83. The summed E-state index contributed by atoms with van der Waals surface area (Å²) in [5.41, 5.74) is -3.57. The number of amides is 1. The largest absolute Gasteiger partial charge is 0.454 e. The molecule has 1 saturated heterocycles. The van der Waals surface area contributed by atoms with E-state index in [0.29, 0.717) is 56.4 Å². The second-order valence-corrected chi connectivity index (χ2v) is 13.7. The van der Waals surface area contributed by atoms with Crippen molar-refractivity contribution >= 4 is 17.6 Å². The smallest absolute Gasteiger partial charge is 0.340 e. The van der Waals surface area contributed by atoms with Gasteiger partial charge in [-0.1, -0.05) is 19.1 Å². The second-order valence-electron chi connectivity index (χ2n) is 13.7. The minimum atomic E-state index is -1.48. The number of methoxy groups -OCH3 is 3. The Balaban J connectivity index is 1.38. The first-order chi connectivity index (χ1) is 20.1. The van der Waals surface area contributed by atoms with Crippen LogP contribution >= 0.6 is 0 Å². The van der Waals surface area contributed by atoms with Crippen LogP contribution in [0, 0.1) is 29.1 Å². The summed E-state index contributed by atoms with van der Waals surface area (Å²) in [6.45, 7) is 4.79. The van der Waals surface area contributed by atoms with Crippen LogP contribution in [0.5, 0.6) is 0 Å². The van der Waals surface area contributed by atoms with Gasteiger partial charge in [0.1, 0.15) is 16.8 Å². The molecule has 5 saturated carbocycles. The number of esters is 1. The van der Waals surface area contributed by atoms with Crippen LogP contribution in [0.1, 0.15) is 56.3 Å². The molecule has 1 spiro atoms. The van der Waals surface area contributed by atoms with Gasteiger partial charge in [-0.2, -0.15) is 0 Å². The van der Waals surface area contributed by atoms with Crippen LogP contribution in [0.15, 0.2) is 24.3 Å². The van der Waals surface area contributed by atoms with E-state index < -0.39 is 34.3 Å². The summed E-state index contributed by atoms with van der Waals surface area (Å²) in [6.07, 6.45) is 1.91. The molecule has 5 aliphatic carbocycles. The van der Waals surface area contributed by atoms with E-state index in [2.05, 4.69) is 17.1 Å². The zero-order chi connectivity index (χ0) is 29.8. The summed E-state index contributed by atoms with van der Waals surface area (Å²) < 4.78 is 25.1. The van der Waals surface area contributed by atoms with Crippen LogP contribution in [0.25, 0.3) is 0 Å². The lowest BCUT2D eigenvalue weighted by atomic mass is 9.44. The van der Waals surface area contributed by atoms with Gasteiger partial charge < -0.3 is 34.5 Å². The number of rotatable bonds is 7. The summed E-state index contributed by atoms with van der Waals surface area (Å²) >= 11 is 0. The van der Waals surface area contributed by atoms with Gasteiger partial charge in [-0.25, -0.2) is 4.79 Å². The average Bonchev–Trinajstić information content (AvgIpc) is 3.39. The molecule has 0 aromatic heterocycles. The van der Waals surface area contributed by atoms with Crippen molar-refractivity contribution in [3.05, 3.63) is 29.8 Å². The zero-order valence-electron chi connectivity index (χ0n) is 25.2. The lowest BCUT2D eigenvalue weighted by molar-refractivity contribution is -0.337. The molecule has 1 heterocycles. The third-order valence-corrected chi connectivity index (χ3v) is 12.6. The maximum absolute atomic E-state index is 14.0. The van der Waals surface area contributed by atoms with Gasteiger partial charge in [0.2, 0.25) is 5.91 Å². The van der Waals surface area contributed by atoms with Crippen molar-refractivity contribution in [1.29, 1.82) is 0 Å². The highest BCUT2D eigenvalue weighted by atomic mass is 16.6. The molecule has 1 aromatic carbocycles. The lowest BCUT2D eigenvalue weighted by Gasteiger charge is -2.70. The molecule has 1 amide bonds. The Morgan fingerprint density at radius 1 is 1.07 bits per heavy atom. The Kier molecular flexibility index (Phi) is 6.46. The van der Waals surface area contributed by atoms with E-state index >= 15 is 0 Å². The zero-order valence-corrected chi connectivity index (χ0v) is 25.2. The molecule has 3 N–H and O–H groups in total. The van der Waals surface area contributed by atoms with Gasteiger partial charge in [-0.3, -0.25) is 9.69 Å². The predicted octanol–water partition coefficient (Wildman–Crippen LogP) is 2.22. The molecule has 1 aliphatic heterocycles. The molecule has 6 fully saturated rings. The highest BCUT2D eigenvalue weighted by Gasteiger charge is 2.89.